The van der Waals surface area contributed by atoms with E-state index in [-0.39, 0.29) is 0 Å². The van der Waals surface area contributed by atoms with Crippen molar-refractivity contribution < 1.29 is 0 Å². The van der Waals surface area contributed by atoms with E-state index in [0.717, 1.165) is 10.9 Å². The Kier molecular flexibility index (Phi) is 2.66. The van der Waals surface area contributed by atoms with Gasteiger partial charge in [0, 0.05) is 13.1 Å². The summed E-state index contributed by atoms with van der Waals surface area (Å²) in [5.74, 6) is 0.908. The summed E-state index contributed by atoms with van der Waals surface area (Å²) in [4.78, 5) is 3.36. The molecule has 1 heterocycles. The van der Waals surface area contributed by atoms with Crippen molar-refractivity contribution in [2.24, 2.45) is 5.92 Å². The Hall–Kier alpha value is -0.110. The molecule has 0 aromatic carbocycles. The molecule has 0 atom stereocenters. The fourth-order valence-corrected chi connectivity index (χ4v) is 1.51. The highest BCUT2D eigenvalue weighted by Crippen LogP contribution is 2.15. The van der Waals surface area contributed by atoms with E-state index >= 15 is 0 Å². The smallest absolute Gasteiger partial charge is 0.0747 e. The van der Waals surface area contributed by atoms with Crippen LogP contribution in [-0.2, 0) is 0 Å². The molecular weight excluding hydrogens is 142 g/mol. The lowest BCUT2D eigenvalue weighted by Gasteiger charge is -2.30. The van der Waals surface area contributed by atoms with Crippen molar-refractivity contribution in [3.05, 3.63) is 0 Å². The van der Waals surface area contributed by atoms with E-state index in [9.17, 15) is 0 Å². The molecule has 0 aromatic heterocycles. The van der Waals surface area contributed by atoms with Crippen molar-refractivity contribution in [2.45, 2.75) is 26.7 Å². The minimum Gasteiger partial charge on any atom is -0.366 e. The zero-order chi connectivity index (χ0) is 7.56. The standard InChI is InChI=1S/C8H15NS/c1-7-3-5-9(6-4-7)8(2)10/h7H,3-6H2,1-2H3. The largest absolute Gasteiger partial charge is 0.366 e. The molecule has 0 aromatic rings. The van der Waals surface area contributed by atoms with E-state index in [4.69, 9.17) is 12.2 Å². The van der Waals surface area contributed by atoms with Crippen LogP contribution in [0.4, 0.5) is 0 Å². The summed E-state index contributed by atoms with van der Waals surface area (Å²) in [7, 11) is 0. The Balaban J connectivity index is 2.33. The van der Waals surface area contributed by atoms with Crippen LogP contribution in [0.1, 0.15) is 26.7 Å². The van der Waals surface area contributed by atoms with Gasteiger partial charge in [0.25, 0.3) is 0 Å². The predicted octanol–water partition coefficient (Wildman–Crippen LogP) is 2.07. The Morgan fingerprint density at radius 1 is 1.40 bits per heavy atom. The highest BCUT2D eigenvalue weighted by molar-refractivity contribution is 7.80. The van der Waals surface area contributed by atoms with E-state index in [2.05, 4.69) is 11.8 Å². The van der Waals surface area contributed by atoms with Gasteiger partial charge >= 0.3 is 0 Å². The maximum absolute atomic E-state index is 5.08. The Bertz CT molecular complexity index is 125. The van der Waals surface area contributed by atoms with Gasteiger partial charge in [0.05, 0.1) is 4.99 Å². The third-order valence-corrected chi connectivity index (χ3v) is 2.49. The summed E-state index contributed by atoms with van der Waals surface area (Å²) in [5, 5.41) is 0. The fraction of sp³-hybridized carbons (Fsp3) is 0.875. The van der Waals surface area contributed by atoms with Crippen LogP contribution in [0.3, 0.4) is 0 Å². The molecule has 1 rings (SSSR count). The second kappa shape index (κ2) is 3.33. The number of nitrogens with zero attached hydrogens (tertiary/aromatic N) is 1. The number of thiocarbonyl (C=S) groups is 1. The highest BCUT2D eigenvalue weighted by atomic mass is 32.1. The Morgan fingerprint density at radius 3 is 2.30 bits per heavy atom. The number of hydrogen-bond donors (Lipinski definition) is 0. The van der Waals surface area contributed by atoms with Gasteiger partial charge in [-0.05, 0) is 25.7 Å². The molecule has 0 spiro atoms. The normalized spacial score (nSPS) is 21.2. The molecule has 0 saturated carbocycles. The molecule has 1 nitrogen and oxygen atoms in total. The first-order valence-corrected chi connectivity index (χ1v) is 4.36. The molecule has 10 heavy (non-hydrogen) atoms. The molecule has 0 bridgehead atoms. The first-order valence-electron chi connectivity index (χ1n) is 3.95. The van der Waals surface area contributed by atoms with Crippen molar-refractivity contribution in [2.75, 3.05) is 13.1 Å². The average molecular weight is 157 g/mol. The second-order valence-electron chi connectivity index (χ2n) is 3.19. The van der Waals surface area contributed by atoms with E-state index in [1.165, 1.54) is 25.9 Å². The van der Waals surface area contributed by atoms with Crippen molar-refractivity contribution >= 4 is 17.2 Å². The molecule has 0 amide bonds. The lowest BCUT2D eigenvalue weighted by atomic mass is 9.99. The average Bonchev–Trinajstić information content (AvgIpc) is 1.88. The van der Waals surface area contributed by atoms with Crippen molar-refractivity contribution in [3.63, 3.8) is 0 Å². The van der Waals surface area contributed by atoms with Crippen LogP contribution in [0.15, 0.2) is 0 Å². The van der Waals surface area contributed by atoms with E-state index < -0.39 is 0 Å². The first-order chi connectivity index (χ1) is 4.70. The number of piperidine rings is 1. The van der Waals surface area contributed by atoms with Crippen molar-refractivity contribution in [1.29, 1.82) is 0 Å². The summed E-state index contributed by atoms with van der Waals surface area (Å²) in [6.45, 7) is 6.69. The van der Waals surface area contributed by atoms with Crippen LogP contribution in [0, 0.1) is 5.92 Å². The summed E-state index contributed by atoms with van der Waals surface area (Å²) in [5.41, 5.74) is 0. The molecule has 1 aliphatic rings. The predicted molar refractivity (Wildman–Crippen MR) is 48.2 cm³/mol. The zero-order valence-electron chi connectivity index (χ0n) is 6.76. The minimum absolute atomic E-state index is 0.908. The lowest BCUT2D eigenvalue weighted by molar-refractivity contribution is 0.283. The van der Waals surface area contributed by atoms with Crippen LogP contribution in [0.25, 0.3) is 0 Å². The Labute approximate surface area is 68.4 Å². The van der Waals surface area contributed by atoms with Crippen molar-refractivity contribution in [1.82, 2.24) is 4.90 Å². The molecule has 0 aliphatic carbocycles. The summed E-state index contributed by atoms with van der Waals surface area (Å²) >= 11 is 5.08. The third-order valence-electron chi connectivity index (χ3n) is 2.23. The van der Waals surface area contributed by atoms with Gasteiger partial charge in [0.2, 0.25) is 0 Å². The number of likely N-dealkylation sites (tertiary alicyclic amines) is 1. The molecule has 0 radical (unpaired) electrons. The summed E-state index contributed by atoms with van der Waals surface area (Å²) < 4.78 is 0. The molecule has 0 N–H and O–H groups in total. The third kappa shape index (κ3) is 1.94. The van der Waals surface area contributed by atoms with Gasteiger partial charge in [-0.1, -0.05) is 19.1 Å². The van der Waals surface area contributed by atoms with Crippen molar-refractivity contribution in [3.8, 4) is 0 Å². The van der Waals surface area contributed by atoms with Crippen LogP contribution >= 0.6 is 12.2 Å². The Morgan fingerprint density at radius 2 is 1.90 bits per heavy atom. The van der Waals surface area contributed by atoms with Crippen LogP contribution in [0.5, 0.6) is 0 Å². The van der Waals surface area contributed by atoms with Crippen LogP contribution in [-0.4, -0.2) is 23.0 Å². The second-order valence-corrected chi connectivity index (χ2v) is 3.78. The van der Waals surface area contributed by atoms with E-state index in [1.807, 2.05) is 6.92 Å². The monoisotopic (exact) mass is 157 g/mol. The first kappa shape index (κ1) is 7.99. The van der Waals surface area contributed by atoms with Gasteiger partial charge in [-0.15, -0.1) is 0 Å². The lowest BCUT2D eigenvalue weighted by Crippen LogP contribution is -2.35. The van der Waals surface area contributed by atoms with Gasteiger partial charge in [-0.25, -0.2) is 0 Å². The number of hydrogen-bond acceptors (Lipinski definition) is 1. The summed E-state index contributed by atoms with van der Waals surface area (Å²) in [6.07, 6.45) is 2.63. The van der Waals surface area contributed by atoms with Gasteiger partial charge in [-0.2, -0.15) is 0 Å². The molecule has 58 valence electrons. The SMILES string of the molecule is CC(=S)N1CCC(C)CC1. The maximum Gasteiger partial charge on any atom is 0.0747 e. The topological polar surface area (TPSA) is 3.24 Å². The van der Waals surface area contributed by atoms with Gasteiger partial charge in [0.15, 0.2) is 0 Å². The van der Waals surface area contributed by atoms with Gasteiger partial charge in [0.1, 0.15) is 0 Å². The van der Waals surface area contributed by atoms with Crippen LogP contribution < -0.4 is 0 Å². The molecule has 1 aliphatic heterocycles. The summed E-state index contributed by atoms with van der Waals surface area (Å²) in [6, 6.07) is 0. The zero-order valence-corrected chi connectivity index (χ0v) is 7.58. The minimum atomic E-state index is 0.908. The molecular formula is C8H15NS. The maximum atomic E-state index is 5.08. The van der Waals surface area contributed by atoms with Gasteiger partial charge in [-0.3, -0.25) is 0 Å². The molecule has 0 unspecified atom stereocenters. The molecule has 1 fully saturated rings. The van der Waals surface area contributed by atoms with E-state index in [0.29, 0.717) is 0 Å². The van der Waals surface area contributed by atoms with Crippen LogP contribution in [0.2, 0.25) is 0 Å². The number of rotatable bonds is 0. The molecule has 2 heteroatoms. The van der Waals surface area contributed by atoms with Gasteiger partial charge < -0.3 is 4.90 Å². The fourth-order valence-electron chi connectivity index (χ4n) is 1.32. The quantitative estimate of drug-likeness (QED) is 0.495. The molecule has 1 saturated heterocycles. The van der Waals surface area contributed by atoms with E-state index in [1.54, 1.807) is 0 Å². The highest BCUT2D eigenvalue weighted by Gasteiger charge is 2.14.